The molecule has 1 aromatic carbocycles. The van der Waals surface area contributed by atoms with E-state index in [0.29, 0.717) is 13.2 Å². The Hall–Kier alpha value is -0.850. The standard InChI is InChI=1S/C21H34B2O5/c1-18(2)19(3,4)26-22(25-18)17(15-24-14-16-12-10-9-11-13-16)23-27-20(5,6)21(7,8)28-23/h9-13,17H,14-15H2,1-8H3. The van der Waals surface area contributed by atoms with E-state index in [1.54, 1.807) is 0 Å². The van der Waals surface area contributed by atoms with Crippen molar-refractivity contribution in [3.8, 4) is 0 Å². The molecule has 0 amide bonds. The van der Waals surface area contributed by atoms with Gasteiger partial charge in [0.15, 0.2) is 0 Å². The van der Waals surface area contributed by atoms with E-state index in [2.05, 4.69) is 67.5 Å². The topological polar surface area (TPSA) is 46.2 Å². The van der Waals surface area contributed by atoms with Gasteiger partial charge < -0.3 is 23.4 Å². The molecule has 154 valence electrons. The zero-order valence-corrected chi connectivity index (χ0v) is 18.6. The van der Waals surface area contributed by atoms with Crippen molar-refractivity contribution in [3.05, 3.63) is 35.9 Å². The summed E-state index contributed by atoms with van der Waals surface area (Å²) in [6, 6.07) is 10.1. The first-order valence-electron chi connectivity index (χ1n) is 10.2. The molecule has 0 atom stereocenters. The third-order valence-corrected chi connectivity index (χ3v) is 6.66. The van der Waals surface area contributed by atoms with E-state index in [0.717, 1.165) is 5.56 Å². The van der Waals surface area contributed by atoms with E-state index in [9.17, 15) is 0 Å². The minimum atomic E-state index is -0.463. The Kier molecular flexibility index (Phi) is 5.81. The zero-order valence-electron chi connectivity index (χ0n) is 18.6. The first-order valence-corrected chi connectivity index (χ1v) is 10.2. The number of ether oxygens (including phenoxy) is 1. The molecule has 7 heteroatoms. The van der Waals surface area contributed by atoms with E-state index in [4.69, 9.17) is 23.4 Å². The number of benzene rings is 1. The fourth-order valence-corrected chi connectivity index (χ4v) is 3.30. The van der Waals surface area contributed by atoms with E-state index in [1.807, 2.05) is 18.2 Å². The van der Waals surface area contributed by atoms with Crippen molar-refractivity contribution in [2.75, 3.05) is 6.61 Å². The summed E-state index contributed by atoms with van der Waals surface area (Å²) in [5, 5.41) is 0. The van der Waals surface area contributed by atoms with Gasteiger partial charge >= 0.3 is 14.2 Å². The predicted molar refractivity (Wildman–Crippen MR) is 112 cm³/mol. The van der Waals surface area contributed by atoms with Crippen molar-refractivity contribution in [2.24, 2.45) is 0 Å². The molecule has 0 radical (unpaired) electrons. The summed E-state index contributed by atoms with van der Waals surface area (Å²) in [5.41, 5.74) is -0.745. The Morgan fingerprint density at radius 1 is 0.714 bits per heavy atom. The van der Waals surface area contributed by atoms with Crippen LogP contribution in [0.5, 0.6) is 0 Å². The molecule has 2 aliphatic rings. The summed E-state index contributed by atoms with van der Waals surface area (Å²) in [6.07, 6.45) is 0. The van der Waals surface area contributed by atoms with Crippen LogP contribution in [0.1, 0.15) is 61.0 Å². The SMILES string of the molecule is CC1(C)OB(C(COCc2ccccc2)B2OC(C)(C)C(C)(C)O2)OC1(C)C. The van der Waals surface area contributed by atoms with Crippen LogP contribution in [0.3, 0.4) is 0 Å². The highest BCUT2D eigenvalue weighted by molar-refractivity contribution is 6.68. The van der Waals surface area contributed by atoms with E-state index < -0.39 is 36.6 Å². The quantitative estimate of drug-likeness (QED) is 0.681. The molecule has 0 saturated carbocycles. The first kappa shape index (κ1) is 21.8. The van der Waals surface area contributed by atoms with Crippen molar-refractivity contribution >= 4 is 14.2 Å². The average Bonchev–Trinajstić information content (AvgIpc) is 2.91. The highest BCUT2D eigenvalue weighted by Crippen LogP contribution is 2.45. The van der Waals surface area contributed by atoms with Gasteiger partial charge in [0.1, 0.15) is 0 Å². The Morgan fingerprint density at radius 3 is 1.50 bits per heavy atom. The van der Waals surface area contributed by atoms with Crippen LogP contribution in [0.25, 0.3) is 0 Å². The van der Waals surface area contributed by atoms with Gasteiger partial charge in [-0.3, -0.25) is 0 Å². The lowest BCUT2D eigenvalue weighted by Gasteiger charge is -2.32. The van der Waals surface area contributed by atoms with Crippen LogP contribution in [0.4, 0.5) is 0 Å². The van der Waals surface area contributed by atoms with Gasteiger partial charge in [0.2, 0.25) is 0 Å². The summed E-state index contributed by atoms with van der Waals surface area (Å²) in [5.74, 6) is 0. The number of hydrogen-bond acceptors (Lipinski definition) is 5. The molecule has 2 aliphatic heterocycles. The minimum absolute atomic E-state index is 0.203. The maximum absolute atomic E-state index is 6.32. The Bertz CT molecular complexity index is 607. The Morgan fingerprint density at radius 2 is 1.11 bits per heavy atom. The molecule has 0 bridgehead atoms. The highest BCUT2D eigenvalue weighted by Gasteiger charge is 2.61. The van der Waals surface area contributed by atoms with Crippen molar-refractivity contribution in [1.82, 2.24) is 0 Å². The molecule has 2 fully saturated rings. The summed E-state index contributed by atoms with van der Waals surface area (Å²) in [6.45, 7) is 17.4. The van der Waals surface area contributed by atoms with Crippen molar-refractivity contribution in [2.45, 2.75) is 90.1 Å². The molecule has 0 N–H and O–H groups in total. The molecule has 2 saturated heterocycles. The molecule has 28 heavy (non-hydrogen) atoms. The largest absolute Gasteiger partial charge is 0.461 e. The smallest absolute Gasteiger partial charge is 0.403 e. The summed E-state index contributed by atoms with van der Waals surface area (Å²) >= 11 is 0. The monoisotopic (exact) mass is 388 g/mol. The molecule has 0 aromatic heterocycles. The normalized spacial score (nSPS) is 24.9. The van der Waals surface area contributed by atoms with Crippen LogP contribution in [0.15, 0.2) is 30.3 Å². The van der Waals surface area contributed by atoms with Crippen molar-refractivity contribution < 1.29 is 23.4 Å². The highest BCUT2D eigenvalue weighted by atomic mass is 16.7. The maximum Gasteiger partial charge on any atom is 0.461 e. The third kappa shape index (κ3) is 4.19. The van der Waals surface area contributed by atoms with Crippen molar-refractivity contribution in [3.63, 3.8) is 0 Å². The van der Waals surface area contributed by atoms with Crippen LogP contribution in [0, 0.1) is 0 Å². The fourth-order valence-electron chi connectivity index (χ4n) is 3.30. The lowest BCUT2D eigenvalue weighted by Crippen LogP contribution is -2.41. The van der Waals surface area contributed by atoms with Gasteiger partial charge in [0, 0.05) is 6.61 Å². The number of rotatable bonds is 6. The second kappa shape index (κ2) is 7.44. The Balaban J connectivity index is 1.75. The number of hydrogen-bond donors (Lipinski definition) is 0. The van der Waals surface area contributed by atoms with Crippen LogP contribution in [-0.2, 0) is 30.0 Å². The van der Waals surface area contributed by atoms with E-state index >= 15 is 0 Å². The van der Waals surface area contributed by atoms with Crippen molar-refractivity contribution in [1.29, 1.82) is 0 Å². The molecule has 0 unspecified atom stereocenters. The molecular formula is C21H34B2O5. The minimum Gasteiger partial charge on any atom is -0.403 e. The summed E-state index contributed by atoms with van der Waals surface area (Å²) in [4.78, 5) is 0. The van der Waals surface area contributed by atoms with Gasteiger partial charge in [-0.05, 0) is 61.0 Å². The van der Waals surface area contributed by atoms with E-state index in [-0.39, 0.29) is 5.72 Å². The lowest BCUT2D eigenvalue weighted by molar-refractivity contribution is 0.00578. The molecule has 5 nitrogen and oxygen atoms in total. The van der Waals surface area contributed by atoms with Crippen LogP contribution in [0.2, 0.25) is 5.72 Å². The average molecular weight is 388 g/mol. The summed E-state index contributed by atoms with van der Waals surface area (Å²) < 4.78 is 31.3. The van der Waals surface area contributed by atoms with Gasteiger partial charge in [0.25, 0.3) is 0 Å². The molecule has 3 rings (SSSR count). The van der Waals surface area contributed by atoms with Gasteiger partial charge in [-0.15, -0.1) is 0 Å². The molecule has 1 aromatic rings. The van der Waals surface area contributed by atoms with Crippen LogP contribution in [-0.4, -0.2) is 43.2 Å². The maximum atomic E-state index is 6.32. The molecular weight excluding hydrogens is 354 g/mol. The first-order chi connectivity index (χ1) is 12.8. The van der Waals surface area contributed by atoms with E-state index in [1.165, 1.54) is 0 Å². The fraction of sp³-hybridized carbons (Fsp3) is 0.714. The third-order valence-electron chi connectivity index (χ3n) is 6.66. The van der Waals surface area contributed by atoms with Gasteiger partial charge in [-0.25, -0.2) is 0 Å². The second-order valence-electron chi connectivity index (χ2n) is 9.91. The predicted octanol–water partition coefficient (Wildman–Crippen LogP) is 4.30. The van der Waals surface area contributed by atoms with Crippen LogP contribution < -0.4 is 0 Å². The second-order valence-corrected chi connectivity index (χ2v) is 9.91. The van der Waals surface area contributed by atoms with Gasteiger partial charge in [-0.2, -0.15) is 0 Å². The van der Waals surface area contributed by atoms with Gasteiger partial charge in [-0.1, -0.05) is 30.3 Å². The Labute approximate surface area is 170 Å². The molecule has 0 spiro atoms. The molecule has 0 aliphatic carbocycles. The van der Waals surface area contributed by atoms with Gasteiger partial charge in [0.05, 0.1) is 34.7 Å². The summed E-state index contributed by atoms with van der Waals surface area (Å²) in [7, 11) is -0.925. The molecule has 2 heterocycles. The van der Waals surface area contributed by atoms with Crippen LogP contribution >= 0.6 is 0 Å². The zero-order chi connectivity index (χ0) is 20.8. The lowest BCUT2D eigenvalue weighted by atomic mass is 9.52.